The zero-order chi connectivity index (χ0) is 29.8. The Morgan fingerprint density at radius 2 is 1.55 bits per heavy atom. The molecule has 2 bridgehead atoms. The molecule has 0 spiro atoms. The third-order valence-electron chi connectivity index (χ3n) is 8.27. The highest BCUT2D eigenvalue weighted by atomic mass is 16.5. The maximum Gasteiger partial charge on any atom is 0.253 e. The van der Waals surface area contributed by atoms with Gasteiger partial charge in [0.05, 0.1) is 34.0 Å². The van der Waals surface area contributed by atoms with Crippen molar-refractivity contribution >= 4 is 17.6 Å². The monoisotopic (exact) mass is 574 g/mol. The zero-order valence-corrected chi connectivity index (χ0v) is 24.7. The Hall–Kier alpha value is -4.47. The van der Waals surface area contributed by atoms with Crippen molar-refractivity contribution in [2.24, 2.45) is 0 Å². The summed E-state index contributed by atoms with van der Waals surface area (Å²) < 4.78 is 21.6. The van der Waals surface area contributed by atoms with Crippen LogP contribution in [-0.2, 0) is 6.54 Å². The first kappa shape index (κ1) is 29.0. The molecule has 2 saturated heterocycles. The van der Waals surface area contributed by atoms with E-state index in [-0.39, 0.29) is 36.5 Å². The topological polar surface area (TPSA) is 111 Å². The number of nitrogens with zero attached hydrogens (tertiary/aromatic N) is 2. The first-order chi connectivity index (χ1) is 20.4. The second-order valence-corrected chi connectivity index (χ2v) is 10.7. The summed E-state index contributed by atoms with van der Waals surface area (Å²) in [5.74, 6) is 2.84. The molecule has 222 valence electrons. The molecule has 0 saturated carbocycles. The van der Waals surface area contributed by atoms with Crippen molar-refractivity contribution in [3.8, 4) is 23.0 Å². The highest BCUT2D eigenvalue weighted by Crippen LogP contribution is 2.39. The van der Waals surface area contributed by atoms with Crippen molar-refractivity contribution in [2.45, 2.75) is 57.3 Å². The van der Waals surface area contributed by atoms with E-state index in [2.05, 4.69) is 20.5 Å². The average Bonchev–Trinajstić information content (AvgIpc) is 3.28. The lowest BCUT2D eigenvalue weighted by molar-refractivity contribution is 0.0923. The van der Waals surface area contributed by atoms with Crippen LogP contribution in [0.5, 0.6) is 23.0 Å². The van der Waals surface area contributed by atoms with Gasteiger partial charge >= 0.3 is 0 Å². The summed E-state index contributed by atoms with van der Waals surface area (Å²) in [5.41, 5.74) is 2.78. The molecule has 2 aromatic carbocycles. The van der Waals surface area contributed by atoms with Crippen LogP contribution in [0.2, 0.25) is 0 Å². The number of piperidine rings is 1. The van der Waals surface area contributed by atoms with E-state index in [1.165, 1.54) is 0 Å². The Bertz CT molecular complexity index is 1400. The fourth-order valence-electron chi connectivity index (χ4n) is 6.21. The normalized spacial score (nSPS) is 19.2. The number of amides is 2. The molecule has 1 aromatic heterocycles. The largest absolute Gasteiger partial charge is 0.496 e. The summed E-state index contributed by atoms with van der Waals surface area (Å²) in [4.78, 5) is 33.0. The van der Waals surface area contributed by atoms with Crippen LogP contribution in [0.4, 0.5) is 5.82 Å². The minimum absolute atomic E-state index is 0.0655. The summed E-state index contributed by atoms with van der Waals surface area (Å²) in [5, 5.41) is 6.20. The first-order valence-corrected chi connectivity index (χ1v) is 14.1. The van der Waals surface area contributed by atoms with E-state index < -0.39 is 0 Å². The molecule has 10 heteroatoms. The summed E-state index contributed by atoms with van der Waals surface area (Å²) in [6, 6.07) is 13.6. The predicted octanol–water partition coefficient (Wildman–Crippen LogP) is 4.28. The van der Waals surface area contributed by atoms with Crippen LogP contribution < -0.4 is 34.5 Å². The second kappa shape index (κ2) is 12.6. The minimum atomic E-state index is -0.222. The van der Waals surface area contributed by atoms with E-state index in [1.807, 2.05) is 49.4 Å². The number of benzene rings is 2. The molecule has 10 nitrogen and oxygen atoms in total. The number of fused-ring (bicyclic) bond motifs is 2. The Labute approximate surface area is 246 Å². The summed E-state index contributed by atoms with van der Waals surface area (Å²) >= 11 is 0. The van der Waals surface area contributed by atoms with E-state index in [0.717, 1.165) is 42.6 Å². The lowest BCUT2D eigenvalue weighted by atomic mass is 9.96. The van der Waals surface area contributed by atoms with Crippen LogP contribution in [-0.4, -0.2) is 63.4 Å². The van der Waals surface area contributed by atoms with Gasteiger partial charge in [0.2, 0.25) is 5.75 Å². The lowest BCUT2D eigenvalue weighted by Crippen LogP contribution is -2.50. The highest BCUT2D eigenvalue weighted by Gasteiger charge is 2.42. The molecule has 2 aliphatic rings. The number of anilines is 1. The van der Waals surface area contributed by atoms with E-state index in [1.54, 1.807) is 34.6 Å². The van der Waals surface area contributed by atoms with E-state index >= 15 is 0 Å². The maximum absolute atomic E-state index is 13.1. The predicted molar refractivity (Wildman–Crippen MR) is 159 cm³/mol. The van der Waals surface area contributed by atoms with E-state index in [9.17, 15) is 9.59 Å². The van der Waals surface area contributed by atoms with Crippen LogP contribution in [0.25, 0.3) is 0 Å². The Balaban J connectivity index is 1.20. The Morgan fingerprint density at radius 1 is 0.881 bits per heavy atom. The fraction of sp³-hybridized carbons (Fsp3) is 0.406. The number of aromatic nitrogens is 1. The van der Waals surface area contributed by atoms with Gasteiger partial charge in [-0.1, -0.05) is 6.07 Å². The average molecular weight is 575 g/mol. The number of carbonyl (C=O) groups is 2. The molecule has 0 aliphatic carbocycles. The molecule has 2 fully saturated rings. The van der Waals surface area contributed by atoms with Gasteiger partial charge in [0.15, 0.2) is 11.5 Å². The van der Waals surface area contributed by atoms with E-state index in [0.29, 0.717) is 34.1 Å². The third kappa shape index (κ3) is 5.79. The van der Waals surface area contributed by atoms with Crippen molar-refractivity contribution in [3.05, 3.63) is 70.9 Å². The number of pyridine rings is 1. The van der Waals surface area contributed by atoms with Crippen LogP contribution in [0.15, 0.2) is 48.7 Å². The Kier molecular flexibility index (Phi) is 8.70. The molecule has 1 unspecified atom stereocenters. The molecule has 2 amide bonds. The summed E-state index contributed by atoms with van der Waals surface area (Å²) in [7, 11) is 6.28. The third-order valence-corrected chi connectivity index (χ3v) is 8.27. The standard InChI is InChI=1S/C32H38N4O6/c1-19-25(7-6-8-26(19)39-2)32(38)35-22-15-23-10-11-24(16-22)36(23)29-12-9-21(18-33-29)31(37)34-17-20-13-27(40-3)30(42-5)28(14-20)41-4/h6-9,12-14,18,22-24H,10-11,15-17H2,1-5H3,(H,34,37)(H,35,38)/t22?,23-,24+. The zero-order valence-electron chi connectivity index (χ0n) is 24.7. The van der Waals surface area contributed by atoms with Gasteiger partial charge in [-0.2, -0.15) is 0 Å². The van der Waals surface area contributed by atoms with E-state index in [4.69, 9.17) is 18.9 Å². The van der Waals surface area contributed by atoms with Gasteiger partial charge in [-0.05, 0) is 74.6 Å². The number of hydrogen-bond acceptors (Lipinski definition) is 8. The smallest absolute Gasteiger partial charge is 0.253 e. The number of methoxy groups -OCH3 is 4. The molecule has 2 aliphatic heterocycles. The number of ether oxygens (including phenoxy) is 4. The SMILES string of the molecule is COc1cccc(C(=O)NC2C[C@H]3CC[C@@H](C2)N3c2ccc(C(=O)NCc3cc(OC)c(OC)c(OC)c3)cn2)c1C. The molecule has 3 aromatic rings. The first-order valence-electron chi connectivity index (χ1n) is 14.1. The van der Waals surface area contributed by atoms with Gasteiger partial charge in [0.1, 0.15) is 11.6 Å². The van der Waals surface area contributed by atoms with Crippen LogP contribution in [0.3, 0.4) is 0 Å². The minimum Gasteiger partial charge on any atom is -0.496 e. The van der Waals surface area contributed by atoms with Crippen LogP contribution in [0.1, 0.15) is 57.5 Å². The van der Waals surface area contributed by atoms with Gasteiger partial charge in [-0.15, -0.1) is 0 Å². The van der Waals surface area contributed by atoms with Gasteiger partial charge in [-0.3, -0.25) is 9.59 Å². The number of hydrogen-bond donors (Lipinski definition) is 2. The molecule has 3 heterocycles. The number of carbonyl (C=O) groups excluding carboxylic acids is 2. The fourth-order valence-corrected chi connectivity index (χ4v) is 6.21. The summed E-state index contributed by atoms with van der Waals surface area (Å²) in [6.45, 7) is 2.19. The molecular weight excluding hydrogens is 536 g/mol. The molecular formula is C32H38N4O6. The molecule has 5 rings (SSSR count). The van der Waals surface area contributed by atoms with Crippen LogP contribution >= 0.6 is 0 Å². The quantitative estimate of drug-likeness (QED) is 0.369. The van der Waals surface area contributed by atoms with Crippen molar-refractivity contribution in [3.63, 3.8) is 0 Å². The molecule has 0 radical (unpaired) electrons. The van der Waals surface area contributed by atoms with Crippen molar-refractivity contribution in [1.82, 2.24) is 15.6 Å². The molecule has 2 N–H and O–H groups in total. The molecule has 3 atom stereocenters. The second-order valence-electron chi connectivity index (χ2n) is 10.7. The maximum atomic E-state index is 13.1. The van der Waals surface area contributed by atoms with Crippen molar-refractivity contribution in [1.29, 1.82) is 0 Å². The van der Waals surface area contributed by atoms with Crippen molar-refractivity contribution < 1.29 is 28.5 Å². The van der Waals surface area contributed by atoms with Gasteiger partial charge in [-0.25, -0.2) is 4.98 Å². The number of rotatable bonds is 10. The van der Waals surface area contributed by atoms with Crippen molar-refractivity contribution in [2.75, 3.05) is 33.3 Å². The Morgan fingerprint density at radius 3 is 2.12 bits per heavy atom. The van der Waals surface area contributed by atoms with Gasteiger partial charge in [0.25, 0.3) is 11.8 Å². The van der Waals surface area contributed by atoms with Crippen LogP contribution in [0, 0.1) is 6.92 Å². The van der Waals surface area contributed by atoms with Gasteiger partial charge in [0, 0.05) is 42.0 Å². The highest BCUT2D eigenvalue weighted by molar-refractivity contribution is 5.96. The molecule has 42 heavy (non-hydrogen) atoms. The van der Waals surface area contributed by atoms with Gasteiger partial charge < -0.3 is 34.5 Å². The number of nitrogens with one attached hydrogen (secondary N) is 2. The summed E-state index contributed by atoms with van der Waals surface area (Å²) in [6.07, 6.45) is 5.43. The lowest BCUT2D eigenvalue weighted by Gasteiger charge is -2.40.